The summed E-state index contributed by atoms with van der Waals surface area (Å²) < 4.78 is 50.0. The molecule has 44 heavy (non-hydrogen) atoms. The van der Waals surface area contributed by atoms with Gasteiger partial charge in [0.25, 0.3) is 5.56 Å². The highest BCUT2D eigenvalue weighted by atomic mass is 31.2. The van der Waals surface area contributed by atoms with Gasteiger partial charge in [0.1, 0.15) is 48.5 Å². The summed E-state index contributed by atoms with van der Waals surface area (Å²) in [6.07, 6.45) is -6.93. The minimum absolute atomic E-state index is 0.0264. The molecular weight excluding hydrogens is 632 g/mol. The van der Waals surface area contributed by atoms with Crippen molar-refractivity contribution in [1.82, 2.24) is 39.0 Å². The normalized spacial score (nSPS) is 36.6. The molecule has 0 amide bonds. The quantitative estimate of drug-likeness (QED) is 0.112. The van der Waals surface area contributed by atoms with Crippen LogP contribution in [0.25, 0.3) is 22.3 Å². The van der Waals surface area contributed by atoms with Crippen LogP contribution in [-0.4, -0.2) is 104 Å². The number of hydrogen-bond donors (Lipinski definition) is 7. The van der Waals surface area contributed by atoms with Crippen LogP contribution in [0.15, 0.2) is 23.8 Å². The monoisotopic (exact) mass is 657 g/mol. The van der Waals surface area contributed by atoms with Gasteiger partial charge >= 0.3 is 16.3 Å². The Bertz CT molecular complexity index is 1820. The predicted molar refractivity (Wildman–Crippen MR) is 145 cm³/mol. The van der Waals surface area contributed by atoms with E-state index in [9.17, 15) is 24.5 Å². The fourth-order valence-corrected chi connectivity index (χ4v) is 7.03. The third-order valence-electron chi connectivity index (χ3n) is 7.26. The van der Waals surface area contributed by atoms with Crippen molar-refractivity contribution in [1.29, 1.82) is 0 Å². The Morgan fingerprint density at radius 3 is 2.48 bits per heavy atom. The Morgan fingerprint density at radius 2 is 1.68 bits per heavy atom. The summed E-state index contributed by atoms with van der Waals surface area (Å²) >= 11 is 0. The van der Waals surface area contributed by atoms with E-state index in [4.69, 9.17) is 44.5 Å². The molecular formula is C20H25N11O11P2. The van der Waals surface area contributed by atoms with Crippen molar-refractivity contribution < 1.29 is 47.2 Å². The molecule has 7 rings (SSSR count). The highest BCUT2D eigenvalue weighted by Crippen LogP contribution is 2.50. The fourth-order valence-electron chi connectivity index (χ4n) is 5.24. The molecule has 24 heteroatoms. The molecule has 2 bridgehead atoms. The van der Waals surface area contributed by atoms with Gasteiger partial charge in [0.15, 0.2) is 35.1 Å². The van der Waals surface area contributed by atoms with Gasteiger partial charge in [-0.2, -0.15) is 4.98 Å². The summed E-state index contributed by atoms with van der Waals surface area (Å²) in [5.74, 6) is -0.117. The molecule has 4 aromatic rings. The second-order valence-electron chi connectivity index (χ2n) is 9.98. The molecule has 3 saturated heterocycles. The molecule has 0 aromatic carbocycles. The third kappa shape index (κ3) is 5.04. The first-order chi connectivity index (χ1) is 21.0. The number of fused-ring (bicyclic) bond motifs is 5. The van der Waals surface area contributed by atoms with Gasteiger partial charge < -0.3 is 45.1 Å². The summed E-state index contributed by atoms with van der Waals surface area (Å²) in [6.45, 7) is -1.03. The molecule has 10 unspecified atom stereocenters. The van der Waals surface area contributed by atoms with Crippen LogP contribution in [0.5, 0.6) is 0 Å². The molecule has 3 fully saturated rings. The van der Waals surface area contributed by atoms with E-state index in [1.165, 1.54) is 28.1 Å². The Morgan fingerprint density at radius 1 is 0.955 bits per heavy atom. The summed E-state index contributed by atoms with van der Waals surface area (Å²) in [6, 6.07) is 0. The van der Waals surface area contributed by atoms with E-state index in [0.717, 1.165) is 0 Å². The van der Waals surface area contributed by atoms with E-state index in [-0.39, 0.29) is 34.1 Å². The Labute approximate surface area is 245 Å². The van der Waals surface area contributed by atoms with Gasteiger partial charge in [-0.05, 0) is 0 Å². The molecule has 236 valence electrons. The highest BCUT2D eigenvalue weighted by Gasteiger charge is 2.52. The minimum atomic E-state index is -4.52. The van der Waals surface area contributed by atoms with Crippen LogP contribution in [0.1, 0.15) is 12.5 Å². The molecule has 7 heterocycles. The van der Waals surface area contributed by atoms with Crippen LogP contribution in [0, 0.1) is 0 Å². The van der Waals surface area contributed by atoms with Gasteiger partial charge in [-0.15, -0.1) is 0 Å². The first-order valence-corrected chi connectivity index (χ1v) is 15.6. The average molecular weight is 657 g/mol. The number of nitrogens with zero attached hydrogens (tertiary/aromatic N) is 7. The fraction of sp³-hybridized carbons (Fsp3) is 0.500. The van der Waals surface area contributed by atoms with Gasteiger partial charge in [-0.3, -0.25) is 28.0 Å². The number of anilines is 2. The number of H-pyrrole nitrogens is 1. The van der Waals surface area contributed by atoms with Crippen LogP contribution in [0.2, 0.25) is 0 Å². The second-order valence-corrected chi connectivity index (χ2v) is 12.5. The molecule has 0 spiro atoms. The number of ether oxygens (including phenoxy) is 2. The zero-order valence-electron chi connectivity index (χ0n) is 22.1. The first kappa shape index (κ1) is 29.5. The van der Waals surface area contributed by atoms with Gasteiger partial charge in [0.2, 0.25) is 5.95 Å². The van der Waals surface area contributed by atoms with E-state index < -0.39 is 84.2 Å². The van der Waals surface area contributed by atoms with Crippen molar-refractivity contribution in [2.24, 2.45) is 5.50 Å². The van der Waals surface area contributed by atoms with Crippen LogP contribution in [0.4, 0.5) is 11.8 Å². The molecule has 10 N–H and O–H groups in total. The minimum Gasteiger partial charge on any atom is -0.387 e. The summed E-state index contributed by atoms with van der Waals surface area (Å²) in [4.78, 5) is 45.5. The standard InChI is InChI=1S/C20H25N11O11P2/c21-14-8-15(25-3-24-14)30(4-26-8)18-11(33)12-7(40-18)2-38-44(23,36)42-13-10(32)6(1-37-43(35)41-12)39-19(13)31-5-27-9-16(31)28-20(22)29-17(9)34/h3-7,10-13,18-19,32-33,35H,1-2H2,(H2,23,36)(H2,21,24,25)(H3,22,28,29,34). The lowest BCUT2D eigenvalue weighted by atomic mass is 10.1. The predicted octanol–water partition coefficient (Wildman–Crippen LogP) is -2.26. The van der Waals surface area contributed by atoms with Crippen molar-refractivity contribution in [3.63, 3.8) is 0 Å². The number of nitrogens with two attached hydrogens (primary N) is 3. The number of aromatic nitrogens is 8. The first-order valence-electron chi connectivity index (χ1n) is 12.8. The lowest BCUT2D eigenvalue weighted by Gasteiger charge is -2.26. The Hall–Kier alpha value is -3.24. The second kappa shape index (κ2) is 11.0. The van der Waals surface area contributed by atoms with E-state index in [2.05, 4.69) is 29.9 Å². The summed E-state index contributed by atoms with van der Waals surface area (Å²) in [5.41, 5.74) is 17.2. The van der Waals surface area contributed by atoms with Gasteiger partial charge in [0.05, 0.1) is 25.9 Å². The number of rotatable bonds is 2. The van der Waals surface area contributed by atoms with Gasteiger partial charge in [0, 0.05) is 0 Å². The molecule has 10 atom stereocenters. The van der Waals surface area contributed by atoms with E-state index in [1.54, 1.807) is 0 Å². The SMILES string of the molecule is Nc1nc2c(ncn2C2OC3COP(O)OC4C(COP(N)(=O)OC2C3O)OC(n2cnc3c(N)ncnc32)C4O)c(=O)[nH]1. The average Bonchev–Trinajstić information content (AvgIpc) is 3.72. The maximum absolute atomic E-state index is 13.4. The zero-order chi connectivity index (χ0) is 30.9. The van der Waals surface area contributed by atoms with Crippen molar-refractivity contribution >= 4 is 50.4 Å². The van der Waals surface area contributed by atoms with E-state index >= 15 is 0 Å². The van der Waals surface area contributed by atoms with Crippen molar-refractivity contribution in [2.45, 2.75) is 49.1 Å². The van der Waals surface area contributed by atoms with Crippen molar-refractivity contribution in [2.75, 3.05) is 24.7 Å². The van der Waals surface area contributed by atoms with Crippen LogP contribution in [0.3, 0.4) is 0 Å². The van der Waals surface area contributed by atoms with Crippen molar-refractivity contribution in [3.05, 3.63) is 29.3 Å². The smallest absolute Gasteiger partial charge is 0.387 e. The number of nitrogen functional groups attached to an aromatic ring is 2. The third-order valence-corrected chi connectivity index (χ3v) is 9.10. The number of aliphatic hydroxyl groups excluding tert-OH is 2. The maximum atomic E-state index is 13.4. The van der Waals surface area contributed by atoms with Gasteiger partial charge in [-0.1, -0.05) is 0 Å². The number of aliphatic hydroxyl groups is 2. The van der Waals surface area contributed by atoms with Crippen LogP contribution >= 0.6 is 16.3 Å². The molecule has 3 aliphatic heterocycles. The van der Waals surface area contributed by atoms with E-state index in [1.807, 2.05) is 0 Å². The molecule has 0 saturated carbocycles. The molecule has 4 aromatic heterocycles. The topological polar surface area (TPSA) is 318 Å². The zero-order valence-corrected chi connectivity index (χ0v) is 23.9. The molecule has 3 aliphatic rings. The lowest BCUT2D eigenvalue weighted by Crippen LogP contribution is -2.36. The number of nitrogens with one attached hydrogen (secondary N) is 1. The largest absolute Gasteiger partial charge is 0.403 e. The molecule has 0 radical (unpaired) electrons. The molecule has 22 nitrogen and oxygen atoms in total. The lowest BCUT2D eigenvalue weighted by molar-refractivity contribution is -0.0599. The highest BCUT2D eigenvalue weighted by molar-refractivity contribution is 7.51. The van der Waals surface area contributed by atoms with Crippen molar-refractivity contribution in [3.8, 4) is 0 Å². The molecule has 0 aliphatic carbocycles. The Kier molecular flexibility index (Phi) is 7.35. The van der Waals surface area contributed by atoms with E-state index in [0.29, 0.717) is 0 Å². The maximum Gasteiger partial charge on any atom is 0.403 e. The summed E-state index contributed by atoms with van der Waals surface area (Å²) in [7, 11) is -7.24. The summed E-state index contributed by atoms with van der Waals surface area (Å²) in [5, 5.41) is 22.2. The number of aromatic amines is 1. The van der Waals surface area contributed by atoms with Gasteiger partial charge in [-0.25, -0.2) is 30.0 Å². The van der Waals surface area contributed by atoms with Crippen LogP contribution in [-0.2, 0) is 32.1 Å². The number of imidazole rings is 2. The number of hydrogen-bond acceptors (Lipinski definition) is 18. The van der Waals surface area contributed by atoms with Crippen LogP contribution < -0.4 is 22.5 Å². The Balaban J connectivity index is 1.18.